The van der Waals surface area contributed by atoms with Gasteiger partial charge in [-0.25, -0.2) is 0 Å². The third-order valence-corrected chi connectivity index (χ3v) is 9.64. The number of carbonyl (C=O) groups excluding carboxylic acids is 1. The van der Waals surface area contributed by atoms with Crippen LogP contribution in [-0.2, 0) is 15.6 Å². The maximum absolute atomic E-state index is 11.9. The number of anilines is 1. The molecule has 0 bridgehead atoms. The maximum Gasteiger partial charge on any atom is 0.209 e. The van der Waals surface area contributed by atoms with Gasteiger partial charge in [-0.15, -0.1) is 0 Å². The van der Waals surface area contributed by atoms with Gasteiger partial charge in [-0.05, 0) is 70.8 Å². The van der Waals surface area contributed by atoms with Gasteiger partial charge in [0.1, 0.15) is 12.8 Å². The Bertz CT molecular complexity index is 1320. The van der Waals surface area contributed by atoms with Gasteiger partial charge in [-0.2, -0.15) is 4.58 Å². The Balaban J connectivity index is 0.000000535. The summed E-state index contributed by atoms with van der Waals surface area (Å²) in [6.07, 6.45) is 19.4. The zero-order valence-electron chi connectivity index (χ0n) is 29.8. The molecule has 0 fully saturated rings. The van der Waals surface area contributed by atoms with Crippen molar-refractivity contribution < 1.29 is 9.37 Å². The number of unbranched alkanes of at least 4 members (excludes halogenated alkanes) is 6. The number of nitrogens with one attached hydrogen (secondary N) is 1. The SMILES string of the molecule is CCCC(=O)CCCCCN1/C(=C/C=C/C2=[N+](C)c3ccccc3C2(C)C)C(C)(C)c2ccccc21.CCCCCCCNC. The number of carbonyl (C=O) groups is 1. The number of Topliss-reactive ketones (excluding diaryl/α,β-unsaturated/α-hetero) is 1. The molecule has 4 nitrogen and oxygen atoms in total. The highest BCUT2D eigenvalue weighted by atomic mass is 16.1. The summed E-state index contributed by atoms with van der Waals surface area (Å²) >= 11 is 0. The predicted molar refractivity (Wildman–Crippen MR) is 195 cm³/mol. The van der Waals surface area contributed by atoms with Crippen LogP contribution in [0.15, 0.2) is 72.5 Å². The molecule has 0 aliphatic carbocycles. The van der Waals surface area contributed by atoms with E-state index in [1.807, 2.05) is 7.05 Å². The average Bonchev–Trinajstić information content (AvgIpc) is 3.36. The van der Waals surface area contributed by atoms with E-state index in [2.05, 4.69) is 130 Å². The van der Waals surface area contributed by atoms with E-state index in [0.29, 0.717) is 5.78 Å². The van der Waals surface area contributed by atoms with E-state index in [0.717, 1.165) is 45.1 Å². The second-order valence-electron chi connectivity index (χ2n) is 13.9. The molecule has 246 valence electrons. The van der Waals surface area contributed by atoms with Gasteiger partial charge < -0.3 is 10.2 Å². The minimum atomic E-state index is -0.0528. The van der Waals surface area contributed by atoms with Crippen LogP contribution in [0.2, 0.25) is 0 Å². The lowest BCUT2D eigenvalue weighted by atomic mass is 9.81. The highest BCUT2D eigenvalue weighted by Gasteiger charge is 2.43. The molecule has 0 radical (unpaired) electrons. The van der Waals surface area contributed by atoms with Crippen molar-refractivity contribution in [1.29, 1.82) is 0 Å². The predicted octanol–water partition coefficient (Wildman–Crippen LogP) is 10.0. The molecule has 2 heterocycles. The van der Waals surface area contributed by atoms with Crippen molar-refractivity contribution >= 4 is 22.9 Å². The Morgan fingerprint density at radius 3 is 2.16 bits per heavy atom. The van der Waals surface area contributed by atoms with Crippen LogP contribution in [0.1, 0.15) is 123 Å². The Hall–Kier alpha value is -2.98. The number of nitrogens with zero attached hydrogens (tertiary/aromatic N) is 2. The number of para-hydroxylation sites is 2. The van der Waals surface area contributed by atoms with E-state index < -0.39 is 0 Å². The first-order valence-electron chi connectivity index (χ1n) is 17.7. The summed E-state index contributed by atoms with van der Waals surface area (Å²) in [4.78, 5) is 14.4. The summed E-state index contributed by atoms with van der Waals surface area (Å²) in [5, 5.41) is 3.14. The van der Waals surface area contributed by atoms with Crippen LogP contribution in [0.25, 0.3) is 0 Å². The minimum absolute atomic E-state index is 0.0244. The molecular weight excluding hydrogens is 550 g/mol. The van der Waals surface area contributed by atoms with Crippen LogP contribution < -0.4 is 10.2 Å². The zero-order chi connectivity index (χ0) is 32.9. The molecule has 2 aromatic carbocycles. The first-order chi connectivity index (χ1) is 21.6. The van der Waals surface area contributed by atoms with Crippen LogP contribution in [0.3, 0.4) is 0 Å². The molecule has 4 heteroatoms. The number of rotatable bonds is 16. The van der Waals surface area contributed by atoms with Crippen LogP contribution in [-0.4, -0.2) is 43.3 Å². The molecule has 0 amide bonds. The summed E-state index contributed by atoms with van der Waals surface area (Å²) in [6, 6.07) is 17.5. The summed E-state index contributed by atoms with van der Waals surface area (Å²) < 4.78 is 2.33. The second-order valence-corrected chi connectivity index (χ2v) is 13.9. The first-order valence-corrected chi connectivity index (χ1v) is 17.7. The number of ketones is 1. The highest BCUT2D eigenvalue weighted by Crippen LogP contribution is 2.47. The summed E-state index contributed by atoms with van der Waals surface area (Å²) in [6.45, 7) is 15.8. The monoisotopic (exact) mass is 612 g/mol. The molecule has 0 saturated heterocycles. The molecule has 2 aromatic rings. The van der Waals surface area contributed by atoms with Gasteiger partial charge in [0.15, 0.2) is 5.71 Å². The lowest BCUT2D eigenvalue weighted by Crippen LogP contribution is -2.27. The first kappa shape index (κ1) is 36.5. The molecule has 4 rings (SSSR count). The summed E-state index contributed by atoms with van der Waals surface area (Å²) in [7, 11) is 4.19. The third kappa shape index (κ3) is 9.28. The molecule has 2 aliphatic rings. The maximum atomic E-state index is 11.9. The van der Waals surface area contributed by atoms with Crippen molar-refractivity contribution in [3.63, 3.8) is 0 Å². The minimum Gasteiger partial charge on any atom is -0.344 e. The van der Waals surface area contributed by atoms with Gasteiger partial charge in [0.2, 0.25) is 5.69 Å². The van der Waals surface area contributed by atoms with Gasteiger partial charge in [0.05, 0.1) is 5.41 Å². The van der Waals surface area contributed by atoms with Crippen LogP contribution in [0, 0.1) is 0 Å². The van der Waals surface area contributed by atoms with Crippen LogP contribution in [0.5, 0.6) is 0 Å². The van der Waals surface area contributed by atoms with Gasteiger partial charge in [-0.3, -0.25) is 4.79 Å². The summed E-state index contributed by atoms with van der Waals surface area (Å²) in [5.41, 5.74) is 7.97. The highest BCUT2D eigenvalue weighted by molar-refractivity contribution is 6.03. The van der Waals surface area contributed by atoms with Crippen molar-refractivity contribution in [2.24, 2.45) is 0 Å². The largest absolute Gasteiger partial charge is 0.344 e. The molecule has 0 aromatic heterocycles. The van der Waals surface area contributed by atoms with E-state index >= 15 is 0 Å². The van der Waals surface area contributed by atoms with Gasteiger partial charge in [0, 0.05) is 53.9 Å². The fraction of sp³-hybridized carbons (Fsp3) is 0.561. The Labute approximate surface area is 275 Å². The van der Waals surface area contributed by atoms with E-state index in [1.54, 1.807) is 0 Å². The molecule has 0 unspecified atom stereocenters. The van der Waals surface area contributed by atoms with E-state index in [9.17, 15) is 4.79 Å². The smallest absolute Gasteiger partial charge is 0.209 e. The lowest BCUT2D eigenvalue weighted by Gasteiger charge is -2.27. The quantitative estimate of drug-likeness (QED) is 0.151. The standard InChI is InChI=1S/C33H43N2O.C8H19N/c1-7-16-25(36)17-9-8-14-24-35-29-21-13-11-19-27(29)33(4,5)31(35)23-15-22-30-32(2,3)26-18-10-12-20-28(26)34(30)6;1-3-4-5-6-7-8-9-2/h10-13,15,18-23H,7-9,14,16-17,24H2,1-6H3;9H,3-8H2,1-2H3/q+1;. The Morgan fingerprint density at radius 1 is 0.800 bits per heavy atom. The molecule has 0 spiro atoms. The molecule has 0 atom stereocenters. The molecule has 1 N–H and O–H groups in total. The van der Waals surface area contributed by atoms with Crippen LogP contribution in [0.4, 0.5) is 11.4 Å². The number of hydrogen-bond acceptors (Lipinski definition) is 3. The number of hydrogen-bond donors (Lipinski definition) is 1. The van der Waals surface area contributed by atoms with Crippen molar-refractivity contribution in [3.8, 4) is 0 Å². The van der Waals surface area contributed by atoms with Gasteiger partial charge in [-0.1, -0.05) is 102 Å². The van der Waals surface area contributed by atoms with Gasteiger partial charge >= 0.3 is 0 Å². The second kappa shape index (κ2) is 17.6. The van der Waals surface area contributed by atoms with E-state index in [4.69, 9.17) is 0 Å². The van der Waals surface area contributed by atoms with Crippen molar-refractivity contribution in [2.45, 2.75) is 123 Å². The topological polar surface area (TPSA) is 35.4 Å². The van der Waals surface area contributed by atoms with Crippen LogP contribution >= 0.6 is 0 Å². The Morgan fingerprint density at radius 2 is 1.47 bits per heavy atom. The number of fused-ring (bicyclic) bond motifs is 2. The molecule has 45 heavy (non-hydrogen) atoms. The molecular formula is C41H62N3O+. The van der Waals surface area contributed by atoms with Gasteiger partial charge in [0.25, 0.3) is 0 Å². The van der Waals surface area contributed by atoms with Crippen molar-refractivity contribution in [3.05, 3.63) is 83.6 Å². The lowest BCUT2D eigenvalue weighted by molar-refractivity contribution is -0.401. The average molecular weight is 613 g/mol. The molecule has 0 saturated carbocycles. The van der Waals surface area contributed by atoms with E-state index in [-0.39, 0.29) is 10.8 Å². The number of benzene rings is 2. The van der Waals surface area contributed by atoms with Crippen molar-refractivity contribution in [2.75, 3.05) is 32.1 Å². The van der Waals surface area contributed by atoms with E-state index in [1.165, 1.54) is 72.6 Å². The summed E-state index contributed by atoms with van der Waals surface area (Å²) in [5.74, 6) is 0.412. The molecule has 2 aliphatic heterocycles. The number of allylic oxidation sites excluding steroid dienone is 4. The zero-order valence-corrected chi connectivity index (χ0v) is 29.8. The fourth-order valence-electron chi connectivity index (χ4n) is 6.99. The fourth-order valence-corrected chi connectivity index (χ4v) is 6.99. The van der Waals surface area contributed by atoms with Crippen molar-refractivity contribution in [1.82, 2.24) is 5.32 Å². The normalized spacial score (nSPS) is 17.1. The third-order valence-electron chi connectivity index (χ3n) is 9.64. The Kier molecular flexibility index (Phi) is 14.3.